The van der Waals surface area contributed by atoms with Crippen molar-refractivity contribution in [3.8, 4) is 0 Å². The Balaban J connectivity index is 1.69. The number of urea groups is 1. The molecule has 122 valence electrons. The highest BCUT2D eigenvalue weighted by Gasteiger charge is 2.30. The van der Waals surface area contributed by atoms with Crippen LogP contribution in [0.5, 0.6) is 0 Å². The lowest BCUT2D eigenvalue weighted by atomic mass is 10.1. The van der Waals surface area contributed by atoms with Crippen LogP contribution in [0.15, 0.2) is 30.7 Å². The minimum absolute atomic E-state index is 0.0377. The fraction of sp³-hybridized carbons (Fsp3) is 0.400. The first-order valence-electron chi connectivity index (χ1n) is 7.39. The SMILES string of the molecule is CN1CCN(C(=O)Nc2ccc(F)cn2)CC1c1nccn1C. The van der Waals surface area contributed by atoms with Crippen LogP contribution in [0.25, 0.3) is 0 Å². The van der Waals surface area contributed by atoms with Crippen LogP contribution in [0.3, 0.4) is 0 Å². The highest BCUT2D eigenvalue weighted by molar-refractivity contribution is 5.88. The topological polar surface area (TPSA) is 66.3 Å². The number of imidazole rings is 1. The molecule has 2 aromatic heterocycles. The number of aromatic nitrogens is 3. The molecule has 1 aliphatic rings. The Morgan fingerprint density at radius 1 is 1.30 bits per heavy atom. The van der Waals surface area contributed by atoms with Gasteiger partial charge in [-0.1, -0.05) is 0 Å². The highest BCUT2D eigenvalue weighted by Crippen LogP contribution is 2.22. The van der Waals surface area contributed by atoms with Gasteiger partial charge in [-0.2, -0.15) is 0 Å². The number of aryl methyl sites for hydroxylation is 1. The van der Waals surface area contributed by atoms with Crippen LogP contribution in [0.1, 0.15) is 11.9 Å². The fourth-order valence-corrected chi connectivity index (χ4v) is 2.67. The first-order chi connectivity index (χ1) is 11.0. The maximum atomic E-state index is 12.9. The van der Waals surface area contributed by atoms with E-state index < -0.39 is 5.82 Å². The molecule has 23 heavy (non-hydrogen) atoms. The van der Waals surface area contributed by atoms with Crippen molar-refractivity contribution in [3.63, 3.8) is 0 Å². The van der Waals surface area contributed by atoms with Gasteiger partial charge in [0.2, 0.25) is 0 Å². The van der Waals surface area contributed by atoms with Gasteiger partial charge in [-0.25, -0.2) is 19.2 Å². The zero-order chi connectivity index (χ0) is 16.4. The Labute approximate surface area is 133 Å². The van der Waals surface area contributed by atoms with Crippen molar-refractivity contribution >= 4 is 11.8 Å². The van der Waals surface area contributed by atoms with Gasteiger partial charge in [-0.3, -0.25) is 10.2 Å². The molecular weight excluding hydrogens is 299 g/mol. The molecule has 1 aliphatic heterocycles. The molecular formula is C15H19FN6O. The van der Waals surface area contributed by atoms with E-state index >= 15 is 0 Å². The summed E-state index contributed by atoms with van der Waals surface area (Å²) in [4.78, 5) is 24.5. The van der Waals surface area contributed by atoms with Gasteiger partial charge in [0.15, 0.2) is 0 Å². The lowest BCUT2D eigenvalue weighted by Gasteiger charge is -2.38. The predicted molar refractivity (Wildman–Crippen MR) is 83.4 cm³/mol. The average Bonchev–Trinajstić information content (AvgIpc) is 2.96. The van der Waals surface area contributed by atoms with Gasteiger partial charge in [-0.05, 0) is 19.2 Å². The van der Waals surface area contributed by atoms with Gasteiger partial charge in [0.25, 0.3) is 0 Å². The molecule has 0 bridgehead atoms. The third-order valence-corrected chi connectivity index (χ3v) is 4.05. The van der Waals surface area contributed by atoms with E-state index in [2.05, 4.69) is 20.2 Å². The van der Waals surface area contributed by atoms with E-state index in [9.17, 15) is 9.18 Å². The smallest absolute Gasteiger partial charge is 0.323 e. The normalized spacial score (nSPS) is 18.9. The van der Waals surface area contributed by atoms with Crippen molar-refractivity contribution in [3.05, 3.63) is 42.4 Å². The summed E-state index contributed by atoms with van der Waals surface area (Å²) < 4.78 is 14.8. The molecule has 2 amide bonds. The number of piperazine rings is 1. The Morgan fingerprint density at radius 2 is 2.13 bits per heavy atom. The lowest BCUT2D eigenvalue weighted by Crippen LogP contribution is -2.50. The summed E-state index contributed by atoms with van der Waals surface area (Å²) in [6, 6.07) is 2.51. The zero-order valence-corrected chi connectivity index (χ0v) is 13.1. The van der Waals surface area contributed by atoms with E-state index in [1.165, 1.54) is 12.1 Å². The Bertz CT molecular complexity index is 686. The number of pyridine rings is 1. The first kappa shape index (κ1) is 15.4. The number of halogens is 1. The monoisotopic (exact) mass is 318 g/mol. The number of hydrogen-bond donors (Lipinski definition) is 1. The van der Waals surface area contributed by atoms with Crippen molar-refractivity contribution in [1.29, 1.82) is 0 Å². The van der Waals surface area contributed by atoms with E-state index in [-0.39, 0.29) is 12.1 Å². The number of anilines is 1. The number of rotatable bonds is 2. The molecule has 1 fully saturated rings. The highest BCUT2D eigenvalue weighted by atomic mass is 19.1. The molecule has 1 unspecified atom stereocenters. The van der Waals surface area contributed by atoms with Crippen LogP contribution < -0.4 is 5.32 Å². The average molecular weight is 318 g/mol. The molecule has 0 spiro atoms. The van der Waals surface area contributed by atoms with Crippen LogP contribution in [0.4, 0.5) is 15.0 Å². The van der Waals surface area contributed by atoms with Crippen molar-refractivity contribution in [2.75, 3.05) is 32.0 Å². The van der Waals surface area contributed by atoms with Crippen LogP contribution in [-0.4, -0.2) is 57.0 Å². The summed E-state index contributed by atoms with van der Waals surface area (Å²) in [5.74, 6) is 0.825. The number of amides is 2. The molecule has 7 nitrogen and oxygen atoms in total. The molecule has 1 saturated heterocycles. The van der Waals surface area contributed by atoms with Gasteiger partial charge in [-0.15, -0.1) is 0 Å². The fourth-order valence-electron chi connectivity index (χ4n) is 2.67. The summed E-state index contributed by atoms with van der Waals surface area (Å²) >= 11 is 0. The van der Waals surface area contributed by atoms with Crippen molar-refractivity contribution in [1.82, 2.24) is 24.3 Å². The molecule has 1 atom stereocenters. The Morgan fingerprint density at radius 3 is 2.78 bits per heavy atom. The zero-order valence-electron chi connectivity index (χ0n) is 13.1. The van der Waals surface area contributed by atoms with Crippen LogP contribution in [0, 0.1) is 5.82 Å². The van der Waals surface area contributed by atoms with E-state index in [1.807, 2.05) is 24.9 Å². The third-order valence-electron chi connectivity index (χ3n) is 4.05. The van der Waals surface area contributed by atoms with Crippen LogP contribution in [0.2, 0.25) is 0 Å². The number of nitrogens with one attached hydrogen (secondary N) is 1. The number of nitrogens with zero attached hydrogens (tertiary/aromatic N) is 5. The number of carbonyl (C=O) groups excluding carboxylic acids is 1. The molecule has 1 N–H and O–H groups in total. The lowest BCUT2D eigenvalue weighted by molar-refractivity contribution is 0.110. The largest absolute Gasteiger partial charge is 0.337 e. The summed E-state index contributed by atoms with van der Waals surface area (Å²) in [5.41, 5.74) is 0. The van der Waals surface area contributed by atoms with Gasteiger partial charge in [0.1, 0.15) is 17.5 Å². The molecule has 0 aromatic carbocycles. The molecule has 0 radical (unpaired) electrons. The quantitative estimate of drug-likeness (QED) is 0.911. The third kappa shape index (κ3) is 3.31. The van der Waals surface area contributed by atoms with Gasteiger partial charge in [0, 0.05) is 39.1 Å². The molecule has 3 heterocycles. The summed E-state index contributed by atoms with van der Waals surface area (Å²) in [7, 11) is 3.97. The Hall–Kier alpha value is -2.48. The van der Waals surface area contributed by atoms with Crippen molar-refractivity contribution < 1.29 is 9.18 Å². The van der Waals surface area contributed by atoms with Gasteiger partial charge >= 0.3 is 6.03 Å². The predicted octanol–water partition coefficient (Wildman–Crippen LogP) is 1.47. The van der Waals surface area contributed by atoms with Gasteiger partial charge in [0.05, 0.1) is 12.2 Å². The van der Waals surface area contributed by atoms with E-state index in [0.717, 1.165) is 18.6 Å². The maximum Gasteiger partial charge on any atom is 0.323 e. The maximum absolute atomic E-state index is 12.9. The first-order valence-corrected chi connectivity index (χ1v) is 7.39. The number of hydrogen-bond acceptors (Lipinski definition) is 4. The van der Waals surface area contributed by atoms with E-state index in [0.29, 0.717) is 18.9 Å². The molecule has 8 heteroatoms. The Kier molecular flexibility index (Phi) is 4.24. The number of likely N-dealkylation sites (N-methyl/N-ethyl adjacent to an activating group) is 1. The van der Waals surface area contributed by atoms with E-state index in [4.69, 9.17) is 0 Å². The standard InChI is InChI=1S/C15H19FN6O/c1-20-7-8-22(10-12(20)14-17-5-6-21(14)2)15(23)19-13-4-3-11(16)9-18-13/h3-6,9,12H,7-8,10H2,1-2H3,(H,18,19,23). The molecule has 0 saturated carbocycles. The minimum Gasteiger partial charge on any atom is -0.337 e. The summed E-state index contributed by atoms with van der Waals surface area (Å²) in [6.45, 7) is 1.90. The van der Waals surface area contributed by atoms with Gasteiger partial charge < -0.3 is 9.47 Å². The second-order valence-corrected chi connectivity index (χ2v) is 5.63. The molecule has 2 aromatic rings. The molecule has 3 rings (SSSR count). The van der Waals surface area contributed by atoms with Crippen LogP contribution in [-0.2, 0) is 7.05 Å². The summed E-state index contributed by atoms with van der Waals surface area (Å²) in [6.07, 6.45) is 4.73. The molecule has 0 aliphatic carbocycles. The summed E-state index contributed by atoms with van der Waals surface area (Å²) in [5, 5.41) is 2.70. The number of carbonyl (C=O) groups is 1. The minimum atomic E-state index is -0.433. The van der Waals surface area contributed by atoms with Crippen molar-refractivity contribution in [2.45, 2.75) is 6.04 Å². The van der Waals surface area contributed by atoms with Crippen LogP contribution >= 0.6 is 0 Å². The second-order valence-electron chi connectivity index (χ2n) is 5.63. The van der Waals surface area contributed by atoms with E-state index in [1.54, 1.807) is 11.1 Å². The van der Waals surface area contributed by atoms with Crippen molar-refractivity contribution in [2.24, 2.45) is 7.05 Å². The second kappa shape index (κ2) is 6.33.